The zero-order valence-electron chi connectivity index (χ0n) is 15.1. The maximum absolute atomic E-state index is 13.1. The molecule has 0 unspecified atom stereocenters. The van der Waals surface area contributed by atoms with Crippen LogP contribution in [0, 0.1) is 5.92 Å². The molecule has 7 heteroatoms. The lowest BCUT2D eigenvalue weighted by atomic mass is 10.00. The van der Waals surface area contributed by atoms with Gasteiger partial charge in [-0.25, -0.2) is 18.4 Å². The number of hydrogen-bond acceptors (Lipinski definition) is 6. The minimum Gasteiger partial charge on any atom is -0.495 e. The van der Waals surface area contributed by atoms with E-state index in [1.807, 2.05) is 0 Å². The van der Waals surface area contributed by atoms with E-state index < -0.39 is 9.84 Å². The van der Waals surface area contributed by atoms with Gasteiger partial charge in [-0.1, -0.05) is 6.92 Å². The molecule has 0 aliphatic carbocycles. The monoisotopic (exact) mass is 367 g/mol. The van der Waals surface area contributed by atoms with Gasteiger partial charge in [-0.05, 0) is 49.8 Å². The molecule has 0 bridgehead atoms. The number of ether oxygens (including phenoxy) is 1. The van der Waals surface area contributed by atoms with Crippen LogP contribution in [0.2, 0.25) is 0 Å². The topological polar surface area (TPSA) is 75.9 Å². The van der Waals surface area contributed by atoms with Crippen molar-refractivity contribution in [3.63, 3.8) is 0 Å². The molecule has 140 valence electrons. The molecule has 1 aromatic rings. The summed E-state index contributed by atoms with van der Waals surface area (Å²) in [5.74, 6) is 1.17. The molecule has 3 rings (SSSR count). The Kier molecular flexibility index (Phi) is 5.55. The molecule has 1 aromatic carbocycles. The molecule has 2 heterocycles. The number of sulfone groups is 1. The molecule has 0 radical (unpaired) electrons. The molecule has 25 heavy (non-hydrogen) atoms. The Morgan fingerprint density at radius 1 is 1.04 bits per heavy atom. The molecular weight excluding hydrogens is 338 g/mol. The van der Waals surface area contributed by atoms with Gasteiger partial charge in [0.15, 0.2) is 9.84 Å². The summed E-state index contributed by atoms with van der Waals surface area (Å²) in [7, 11) is -1.95. The summed E-state index contributed by atoms with van der Waals surface area (Å²) in [5, 5.41) is 4.38. The van der Waals surface area contributed by atoms with Crippen LogP contribution in [0.5, 0.6) is 5.75 Å². The third-order valence-electron chi connectivity index (χ3n) is 5.51. The predicted molar refractivity (Wildman–Crippen MR) is 99.2 cm³/mol. The average molecular weight is 368 g/mol. The van der Waals surface area contributed by atoms with Crippen LogP contribution >= 0.6 is 0 Å². The van der Waals surface area contributed by atoms with Gasteiger partial charge in [0.1, 0.15) is 10.6 Å². The van der Waals surface area contributed by atoms with Gasteiger partial charge in [0.25, 0.3) is 0 Å². The van der Waals surface area contributed by atoms with E-state index in [1.165, 1.54) is 26.0 Å². The van der Waals surface area contributed by atoms with Gasteiger partial charge in [0, 0.05) is 31.9 Å². The van der Waals surface area contributed by atoms with E-state index in [9.17, 15) is 8.42 Å². The number of methoxy groups -OCH3 is 1. The molecule has 0 amide bonds. The highest BCUT2D eigenvalue weighted by atomic mass is 32.2. The van der Waals surface area contributed by atoms with Crippen molar-refractivity contribution in [1.29, 1.82) is 0 Å². The minimum atomic E-state index is -3.44. The molecule has 2 aliphatic rings. The lowest BCUT2D eigenvalue weighted by Crippen LogP contribution is -2.51. The van der Waals surface area contributed by atoms with Crippen LogP contribution < -0.4 is 10.5 Å². The van der Waals surface area contributed by atoms with Gasteiger partial charge in [0.05, 0.1) is 12.4 Å². The van der Waals surface area contributed by atoms with Gasteiger partial charge in [-0.3, -0.25) is 0 Å². The maximum atomic E-state index is 13.1. The fourth-order valence-electron chi connectivity index (χ4n) is 3.81. The summed E-state index contributed by atoms with van der Waals surface area (Å²) in [6.07, 6.45) is 3.73. The van der Waals surface area contributed by atoms with Crippen molar-refractivity contribution in [1.82, 2.24) is 10.0 Å². The molecule has 0 saturated carbocycles. The number of hydrazine groups is 1. The van der Waals surface area contributed by atoms with E-state index >= 15 is 0 Å². The second-order valence-electron chi connectivity index (χ2n) is 7.24. The van der Waals surface area contributed by atoms with Gasteiger partial charge >= 0.3 is 0 Å². The number of nitrogens with zero attached hydrogens (tertiary/aromatic N) is 2. The number of nitrogen functional groups attached to an aromatic ring is 1. The number of piperidine rings is 2. The third kappa shape index (κ3) is 3.93. The van der Waals surface area contributed by atoms with Crippen LogP contribution in [0.3, 0.4) is 0 Å². The van der Waals surface area contributed by atoms with Crippen LogP contribution in [0.1, 0.15) is 32.6 Å². The Morgan fingerprint density at radius 2 is 1.60 bits per heavy atom. The smallest absolute Gasteiger partial charge is 0.185 e. The standard InChI is InChI=1S/C18H29N3O3S/c1-14-5-9-20(10-6-14)21-11-7-16(8-12-21)25(22,23)18-13-15(19)3-4-17(18)24-2/h3-4,13-14,16H,5-12,19H2,1-2H3. The lowest BCUT2D eigenvalue weighted by molar-refractivity contribution is -0.0589. The van der Waals surface area contributed by atoms with Gasteiger partial charge in [-0.2, -0.15) is 0 Å². The zero-order valence-corrected chi connectivity index (χ0v) is 16.0. The number of rotatable bonds is 4. The number of nitrogens with two attached hydrogens (primary N) is 1. The summed E-state index contributed by atoms with van der Waals surface area (Å²) in [6, 6.07) is 4.82. The number of hydrogen-bond donors (Lipinski definition) is 1. The Hall–Kier alpha value is -1.31. The molecule has 0 atom stereocenters. The summed E-state index contributed by atoms with van der Waals surface area (Å²) >= 11 is 0. The molecule has 0 spiro atoms. The first-order valence-electron chi connectivity index (χ1n) is 9.09. The fraction of sp³-hybridized carbons (Fsp3) is 0.667. The highest BCUT2D eigenvalue weighted by Gasteiger charge is 2.35. The van der Waals surface area contributed by atoms with Crippen molar-refractivity contribution >= 4 is 15.5 Å². The van der Waals surface area contributed by atoms with Crippen molar-refractivity contribution in [3.05, 3.63) is 18.2 Å². The quantitative estimate of drug-likeness (QED) is 0.822. The Bertz CT molecular complexity index is 692. The summed E-state index contributed by atoms with van der Waals surface area (Å²) in [4.78, 5) is 0.222. The van der Waals surface area contributed by atoms with Crippen molar-refractivity contribution in [3.8, 4) is 5.75 Å². The van der Waals surface area contributed by atoms with Gasteiger partial charge in [0.2, 0.25) is 0 Å². The van der Waals surface area contributed by atoms with Crippen LogP contribution in [0.4, 0.5) is 5.69 Å². The Morgan fingerprint density at radius 3 is 2.16 bits per heavy atom. The molecule has 2 saturated heterocycles. The highest BCUT2D eigenvalue weighted by Crippen LogP contribution is 2.33. The first kappa shape index (κ1) is 18.5. The molecule has 2 N–H and O–H groups in total. The molecule has 6 nitrogen and oxygen atoms in total. The first-order valence-corrected chi connectivity index (χ1v) is 10.6. The average Bonchev–Trinajstić information content (AvgIpc) is 2.62. The van der Waals surface area contributed by atoms with Gasteiger partial charge in [-0.15, -0.1) is 0 Å². The predicted octanol–water partition coefficient (Wildman–Crippen LogP) is 2.16. The normalized spacial score (nSPS) is 22.2. The minimum absolute atomic E-state index is 0.222. The van der Waals surface area contributed by atoms with E-state index in [-0.39, 0.29) is 10.1 Å². The van der Waals surface area contributed by atoms with Crippen molar-refractivity contribution in [2.45, 2.75) is 42.8 Å². The van der Waals surface area contributed by atoms with Crippen molar-refractivity contribution in [2.75, 3.05) is 39.0 Å². The SMILES string of the molecule is COc1ccc(N)cc1S(=O)(=O)C1CCN(N2CCC(C)CC2)CC1. The van der Waals surface area contributed by atoms with Crippen LogP contribution in [-0.2, 0) is 9.84 Å². The van der Waals surface area contributed by atoms with E-state index in [0.29, 0.717) is 24.3 Å². The summed E-state index contributed by atoms with van der Waals surface area (Å²) < 4.78 is 31.4. The highest BCUT2D eigenvalue weighted by molar-refractivity contribution is 7.92. The van der Waals surface area contributed by atoms with E-state index in [4.69, 9.17) is 10.5 Å². The zero-order chi connectivity index (χ0) is 18.0. The van der Waals surface area contributed by atoms with E-state index in [2.05, 4.69) is 16.9 Å². The lowest BCUT2D eigenvalue weighted by Gasteiger charge is -2.42. The van der Waals surface area contributed by atoms with Crippen molar-refractivity contribution in [2.24, 2.45) is 5.92 Å². The molecule has 2 aliphatic heterocycles. The first-order chi connectivity index (χ1) is 11.9. The Balaban J connectivity index is 1.69. The van der Waals surface area contributed by atoms with Crippen LogP contribution in [-0.4, -0.2) is 57.0 Å². The largest absolute Gasteiger partial charge is 0.495 e. The molecule has 2 fully saturated rings. The van der Waals surface area contributed by atoms with Gasteiger partial charge < -0.3 is 10.5 Å². The Labute approximate surface area is 150 Å². The number of benzene rings is 1. The fourth-order valence-corrected chi connectivity index (χ4v) is 5.73. The van der Waals surface area contributed by atoms with Crippen LogP contribution in [0.25, 0.3) is 0 Å². The van der Waals surface area contributed by atoms with E-state index in [1.54, 1.807) is 12.1 Å². The number of anilines is 1. The molecule has 0 aromatic heterocycles. The van der Waals surface area contributed by atoms with Crippen LogP contribution in [0.15, 0.2) is 23.1 Å². The van der Waals surface area contributed by atoms with Crippen molar-refractivity contribution < 1.29 is 13.2 Å². The summed E-state index contributed by atoms with van der Waals surface area (Å²) in [6.45, 7) is 6.06. The third-order valence-corrected chi connectivity index (χ3v) is 7.79. The molecular formula is C18H29N3O3S. The second-order valence-corrected chi connectivity index (χ2v) is 9.44. The van der Waals surface area contributed by atoms with E-state index in [0.717, 1.165) is 32.1 Å². The second kappa shape index (κ2) is 7.51. The maximum Gasteiger partial charge on any atom is 0.185 e. The summed E-state index contributed by atoms with van der Waals surface area (Å²) in [5.41, 5.74) is 6.25.